The Balaban J connectivity index is 2.00. The Bertz CT molecular complexity index is 337. The Morgan fingerprint density at radius 1 is 1.45 bits per heavy atom. The summed E-state index contributed by atoms with van der Waals surface area (Å²) in [5.41, 5.74) is 0. The van der Waals surface area contributed by atoms with Crippen LogP contribution in [0, 0.1) is 11.8 Å². The van der Waals surface area contributed by atoms with E-state index in [9.17, 15) is 9.90 Å². The van der Waals surface area contributed by atoms with Crippen molar-refractivity contribution >= 4 is 6.09 Å². The van der Waals surface area contributed by atoms with E-state index in [-0.39, 0.29) is 24.2 Å². The van der Waals surface area contributed by atoms with Crippen LogP contribution in [0.5, 0.6) is 0 Å². The van der Waals surface area contributed by atoms with E-state index in [1.807, 2.05) is 6.92 Å². The number of ether oxygens (including phenoxy) is 1. The van der Waals surface area contributed by atoms with Gasteiger partial charge in [0.2, 0.25) is 0 Å². The zero-order valence-corrected chi connectivity index (χ0v) is 12.8. The molecule has 2 rings (SSSR count). The first-order valence-electron chi connectivity index (χ1n) is 7.81. The van der Waals surface area contributed by atoms with Crippen molar-refractivity contribution in [1.29, 1.82) is 0 Å². The van der Waals surface area contributed by atoms with Crippen LogP contribution in [0.1, 0.15) is 39.5 Å². The maximum Gasteiger partial charge on any atom is 0.407 e. The minimum atomic E-state index is -0.372. The van der Waals surface area contributed by atoms with E-state index in [0.29, 0.717) is 6.04 Å². The maximum absolute atomic E-state index is 11.4. The molecule has 5 unspecified atom stereocenters. The Morgan fingerprint density at radius 3 is 2.70 bits per heavy atom. The van der Waals surface area contributed by atoms with Gasteiger partial charge in [0.25, 0.3) is 0 Å². The minimum Gasteiger partial charge on any atom is -0.453 e. The van der Waals surface area contributed by atoms with E-state index in [1.165, 1.54) is 20.0 Å². The normalized spacial score (nSPS) is 36.0. The number of carbonyl (C=O) groups is 1. The summed E-state index contributed by atoms with van der Waals surface area (Å²) < 4.78 is 4.70. The monoisotopic (exact) mass is 284 g/mol. The molecule has 0 bridgehead atoms. The number of aliphatic hydroxyl groups excluding tert-OH is 1. The molecule has 1 heterocycles. The highest BCUT2D eigenvalue weighted by Gasteiger charge is 2.39. The second-order valence-corrected chi connectivity index (χ2v) is 6.38. The number of nitrogens with zero attached hydrogens (tertiary/aromatic N) is 1. The maximum atomic E-state index is 11.4. The number of nitrogens with one attached hydrogen (secondary N) is 1. The molecular formula is C15H28N2O3. The molecule has 0 radical (unpaired) electrons. The molecule has 1 saturated carbocycles. The highest BCUT2D eigenvalue weighted by molar-refractivity contribution is 5.67. The number of alkyl carbamates (subject to hydrolysis) is 1. The number of hydrogen-bond acceptors (Lipinski definition) is 4. The van der Waals surface area contributed by atoms with Gasteiger partial charge in [0.05, 0.1) is 13.2 Å². The summed E-state index contributed by atoms with van der Waals surface area (Å²) in [6, 6.07) is 0.694. The summed E-state index contributed by atoms with van der Waals surface area (Å²) in [5, 5.41) is 13.1. The van der Waals surface area contributed by atoms with E-state index in [2.05, 4.69) is 17.1 Å². The van der Waals surface area contributed by atoms with Gasteiger partial charge in [0.1, 0.15) is 0 Å². The van der Waals surface area contributed by atoms with Gasteiger partial charge in [-0.3, -0.25) is 4.90 Å². The number of rotatable bonds is 4. The van der Waals surface area contributed by atoms with Gasteiger partial charge in [-0.2, -0.15) is 0 Å². The number of likely N-dealkylation sites (tertiary alicyclic amines) is 1. The molecule has 5 heteroatoms. The van der Waals surface area contributed by atoms with Crippen LogP contribution in [0.3, 0.4) is 0 Å². The Hall–Kier alpha value is -0.810. The van der Waals surface area contributed by atoms with E-state index in [4.69, 9.17) is 4.74 Å². The third kappa shape index (κ3) is 3.44. The first kappa shape index (κ1) is 15.6. The molecule has 2 N–H and O–H groups in total. The van der Waals surface area contributed by atoms with E-state index in [1.54, 1.807) is 0 Å². The summed E-state index contributed by atoms with van der Waals surface area (Å²) in [7, 11) is 1.39. The lowest BCUT2D eigenvalue weighted by Crippen LogP contribution is -2.58. The van der Waals surface area contributed by atoms with Gasteiger partial charge in [-0.25, -0.2) is 4.79 Å². The summed E-state index contributed by atoms with van der Waals surface area (Å²) in [6.45, 7) is 6.12. The summed E-state index contributed by atoms with van der Waals surface area (Å²) in [5.74, 6) is 0.968. The number of aliphatic hydroxyl groups is 1. The highest BCUT2D eigenvalue weighted by atomic mass is 16.5. The van der Waals surface area contributed by atoms with Crippen molar-refractivity contribution in [1.82, 2.24) is 10.2 Å². The van der Waals surface area contributed by atoms with Gasteiger partial charge in [0, 0.05) is 25.2 Å². The van der Waals surface area contributed by atoms with Crippen LogP contribution < -0.4 is 5.32 Å². The molecule has 0 aromatic rings. The number of amides is 1. The average molecular weight is 284 g/mol. The van der Waals surface area contributed by atoms with Crippen LogP contribution in [0.2, 0.25) is 0 Å². The van der Waals surface area contributed by atoms with Crippen LogP contribution in [0.15, 0.2) is 0 Å². The van der Waals surface area contributed by atoms with Crippen molar-refractivity contribution in [2.75, 3.05) is 20.2 Å². The number of piperidine rings is 1. The lowest BCUT2D eigenvalue weighted by atomic mass is 9.77. The molecule has 0 spiro atoms. The van der Waals surface area contributed by atoms with Crippen molar-refractivity contribution in [3.05, 3.63) is 0 Å². The van der Waals surface area contributed by atoms with Gasteiger partial charge in [-0.05, 0) is 37.5 Å². The zero-order valence-electron chi connectivity index (χ0n) is 12.8. The SMILES string of the molecule is CCC(O)C1CC(NC(=O)OC)CN(C2CCC2C)C1. The summed E-state index contributed by atoms with van der Waals surface area (Å²) in [6.07, 6.45) is 3.47. The molecule has 2 fully saturated rings. The molecule has 1 amide bonds. The smallest absolute Gasteiger partial charge is 0.407 e. The van der Waals surface area contributed by atoms with E-state index >= 15 is 0 Å². The quantitative estimate of drug-likeness (QED) is 0.823. The fourth-order valence-corrected chi connectivity index (χ4v) is 3.58. The second kappa shape index (κ2) is 6.76. The predicted octanol–water partition coefficient (Wildman–Crippen LogP) is 1.60. The van der Waals surface area contributed by atoms with Gasteiger partial charge < -0.3 is 15.2 Å². The molecule has 20 heavy (non-hydrogen) atoms. The molecule has 1 aliphatic heterocycles. The van der Waals surface area contributed by atoms with Crippen LogP contribution in [0.25, 0.3) is 0 Å². The fraction of sp³-hybridized carbons (Fsp3) is 0.933. The number of carbonyl (C=O) groups excluding carboxylic acids is 1. The molecular weight excluding hydrogens is 256 g/mol. The van der Waals surface area contributed by atoms with Crippen LogP contribution in [-0.4, -0.2) is 54.5 Å². The second-order valence-electron chi connectivity index (χ2n) is 6.38. The summed E-state index contributed by atoms with van der Waals surface area (Å²) >= 11 is 0. The largest absolute Gasteiger partial charge is 0.453 e. The van der Waals surface area contributed by atoms with Crippen molar-refractivity contribution < 1.29 is 14.6 Å². The first-order valence-corrected chi connectivity index (χ1v) is 7.81. The van der Waals surface area contributed by atoms with Gasteiger partial charge in [-0.1, -0.05) is 13.8 Å². The molecule has 0 aromatic heterocycles. The summed E-state index contributed by atoms with van der Waals surface area (Å²) in [4.78, 5) is 13.9. The fourth-order valence-electron chi connectivity index (χ4n) is 3.58. The molecule has 5 atom stereocenters. The third-order valence-electron chi connectivity index (χ3n) is 5.02. The zero-order chi connectivity index (χ0) is 14.7. The van der Waals surface area contributed by atoms with Crippen LogP contribution in [-0.2, 0) is 4.74 Å². The minimum absolute atomic E-state index is 0.0789. The molecule has 5 nitrogen and oxygen atoms in total. The van der Waals surface area contributed by atoms with E-state index in [0.717, 1.165) is 31.8 Å². The molecule has 2 aliphatic rings. The van der Waals surface area contributed by atoms with Gasteiger partial charge >= 0.3 is 6.09 Å². The topological polar surface area (TPSA) is 61.8 Å². The average Bonchev–Trinajstić information content (AvgIpc) is 2.44. The lowest BCUT2D eigenvalue weighted by Gasteiger charge is -2.49. The standard InChI is InChI=1S/C15H28N2O3/c1-4-14(18)11-7-12(16-15(19)20-3)9-17(8-11)13-6-5-10(13)2/h10-14,18H,4-9H2,1-3H3,(H,16,19). The predicted molar refractivity (Wildman–Crippen MR) is 77.5 cm³/mol. The molecule has 116 valence electrons. The molecule has 1 aliphatic carbocycles. The van der Waals surface area contributed by atoms with Crippen molar-refractivity contribution in [2.45, 2.75) is 57.7 Å². The Morgan fingerprint density at radius 2 is 2.20 bits per heavy atom. The van der Waals surface area contributed by atoms with Crippen LogP contribution in [0.4, 0.5) is 4.79 Å². The Kier molecular flexibility index (Phi) is 5.27. The van der Waals surface area contributed by atoms with Crippen molar-refractivity contribution in [2.24, 2.45) is 11.8 Å². The molecule has 0 aromatic carbocycles. The number of methoxy groups -OCH3 is 1. The van der Waals surface area contributed by atoms with Crippen LogP contribution >= 0.6 is 0 Å². The third-order valence-corrected chi connectivity index (χ3v) is 5.02. The lowest BCUT2D eigenvalue weighted by molar-refractivity contribution is -0.0157. The molecule has 1 saturated heterocycles. The van der Waals surface area contributed by atoms with E-state index < -0.39 is 0 Å². The Labute approximate surface area is 121 Å². The van der Waals surface area contributed by atoms with Gasteiger partial charge in [0.15, 0.2) is 0 Å². The van der Waals surface area contributed by atoms with Crippen molar-refractivity contribution in [3.8, 4) is 0 Å². The first-order chi connectivity index (χ1) is 9.55. The van der Waals surface area contributed by atoms with Crippen molar-refractivity contribution in [3.63, 3.8) is 0 Å². The van der Waals surface area contributed by atoms with Gasteiger partial charge in [-0.15, -0.1) is 0 Å². The number of hydrogen-bond donors (Lipinski definition) is 2. The highest BCUT2D eigenvalue weighted by Crippen LogP contribution is 2.35.